The second-order valence-electron chi connectivity index (χ2n) is 6.07. The highest BCUT2D eigenvalue weighted by atomic mass is 16.2. The molecule has 1 heterocycles. The third-order valence-electron chi connectivity index (χ3n) is 4.57. The molecule has 3 aromatic rings. The van der Waals surface area contributed by atoms with Crippen LogP contribution in [0.5, 0.6) is 0 Å². The van der Waals surface area contributed by atoms with Crippen molar-refractivity contribution in [2.75, 3.05) is 7.05 Å². The lowest BCUT2D eigenvalue weighted by molar-refractivity contribution is 0.0742. The van der Waals surface area contributed by atoms with Crippen molar-refractivity contribution in [2.45, 2.75) is 26.3 Å². The fraction of sp³-hybridized carbons (Fsp3) is 0.250. The Balaban J connectivity index is 1.74. The first kappa shape index (κ1) is 16.9. The summed E-state index contributed by atoms with van der Waals surface area (Å²) in [6.45, 7) is 4.14. The van der Waals surface area contributed by atoms with Crippen LogP contribution in [0.2, 0.25) is 0 Å². The number of hydrogen-bond donors (Lipinski definition) is 0. The van der Waals surface area contributed by atoms with Crippen molar-refractivity contribution in [3.05, 3.63) is 77.9 Å². The zero-order valence-electron chi connectivity index (χ0n) is 14.8. The third kappa shape index (κ3) is 3.60. The van der Waals surface area contributed by atoms with Crippen LogP contribution >= 0.6 is 0 Å². The summed E-state index contributed by atoms with van der Waals surface area (Å²) in [7, 11) is 1.84. The van der Waals surface area contributed by atoms with Gasteiger partial charge >= 0.3 is 0 Å². The SMILES string of the molecule is CCc1ccc(C(=O)N(C)[C@H](C)c2ccc(-n3cncn3)cc2)cc1. The molecule has 0 radical (unpaired) electrons. The van der Waals surface area contributed by atoms with Gasteiger partial charge in [0.05, 0.1) is 11.7 Å². The topological polar surface area (TPSA) is 51.0 Å². The molecule has 0 bridgehead atoms. The summed E-state index contributed by atoms with van der Waals surface area (Å²) in [4.78, 5) is 18.4. The van der Waals surface area contributed by atoms with Gasteiger partial charge in [-0.05, 0) is 48.7 Å². The lowest BCUT2D eigenvalue weighted by Crippen LogP contribution is -2.29. The molecule has 0 aliphatic heterocycles. The van der Waals surface area contributed by atoms with Gasteiger partial charge in [-0.1, -0.05) is 31.2 Å². The van der Waals surface area contributed by atoms with Gasteiger partial charge in [-0.25, -0.2) is 9.67 Å². The smallest absolute Gasteiger partial charge is 0.254 e. The van der Waals surface area contributed by atoms with E-state index in [9.17, 15) is 4.79 Å². The molecular formula is C20H22N4O. The lowest BCUT2D eigenvalue weighted by atomic mass is 10.0. The Morgan fingerprint density at radius 2 is 1.80 bits per heavy atom. The van der Waals surface area contributed by atoms with E-state index < -0.39 is 0 Å². The number of nitrogens with zero attached hydrogens (tertiary/aromatic N) is 4. The first-order chi connectivity index (χ1) is 12.1. The molecule has 0 saturated heterocycles. The summed E-state index contributed by atoms with van der Waals surface area (Å²) in [6, 6.07) is 15.8. The van der Waals surface area contributed by atoms with Gasteiger partial charge in [0.1, 0.15) is 12.7 Å². The summed E-state index contributed by atoms with van der Waals surface area (Å²) in [5.74, 6) is 0.0236. The van der Waals surface area contributed by atoms with E-state index in [-0.39, 0.29) is 11.9 Å². The molecule has 0 aliphatic carbocycles. The Bertz CT molecular complexity index is 823. The van der Waals surface area contributed by atoms with Crippen molar-refractivity contribution in [1.29, 1.82) is 0 Å². The van der Waals surface area contributed by atoms with Crippen LogP contribution in [-0.2, 0) is 6.42 Å². The van der Waals surface area contributed by atoms with Gasteiger partial charge in [0.25, 0.3) is 5.91 Å². The minimum Gasteiger partial charge on any atom is -0.335 e. The summed E-state index contributed by atoms with van der Waals surface area (Å²) in [6.07, 6.45) is 4.14. The number of amides is 1. The number of carbonyl (C=O) groups excluding carboxylic acids is 1. The van der Waals surface area contributed by atoms with Crippen LogP contribution in [-0.4, -0.2) is 32.6 Å². The third-order valence-corrected chi connectivity index (χ3v) is 4.57. The number of carbonyl (C=O) groups is 1. The van der Waals surface area contributed by atoms with E-state index in [1.54, 1.807) is 15.9 Å². The highest BCUT2D eigenvalue weighted by molar-refractivity contribution is 5.94. The lowest BCUT2D eigenvalue weighted by Gasteiger charge is -2.25. The first-order valence-electron chi connectivity index (χ1n) is 8.41. The molecule has 5 nitrogen and oxygen atoms in total. The van der Waals surface area contributed by atoms with Gasteiger partial charge in [-0.15, -0.1) is 0 Å². The van der Waals surface area contributed by atoms with E-state index >= 15 is 0 Å². The van der Waals surface area contributed by atoms with Crippen LogP contribution in [0.1, 0.15) is 41.4 Å². The van der Waals surface area contributed by atoms with Gasteiger partial charge in [0.15, 0.2) is 0 Å². The number of benzene rings is 2. The van der Waals surface area contributed by atoms with E-state index in [1.807, 2.05) is 62.5 Å². The van der Waals surface area contributed by atoms with Crippen molar-refractivity contribution in [3.63, 3.8) is 0 Å². The average molecular weight is 334 g/mol. The largest absolute Gasteiger partial charge is 0.335 e. The quantitative estimate of drug-likeness (QED) is 0.715. The Morgan fingerprint density at radius 3 is 2.36 bits per heavy atom. The maximum Gasteiger partial charge on any atom is 0.254 e. The Morgan fingerprint density at radius 1 is 1.12 bits per heavy atom. The zero-order chi connectivity index (χ0) is 17.8. The molecule has 2 aromatic carbocycles. The standard InChI is InChI=1S/C20H22N4O/c1-4-16-5-7-18(8-6-16)20(25)23(3)15(2)17-9-11-19(12-10-17)24-14-21-13-22-24/h5-15H,4H2,1-3H3/t15-/m1/s1. The molecule has 0 unspecified atom stereocenters. The fourth-order valence-electron chi connectivity index (χ4n) is 2.73. The van der Waals surface area contributed by atoms with Crippen molar-refractivity contribution in [1.82, 2.24) is 19.7 Å². The number of rotatable bonds is 5. The molecule has 1 atom stereocenters. The molecule has 1 aromatic heterocycles. The minimum absolute atomic E-state index is 0.0236. The van der Waals surface area contributed by atoms with Crippen molar-refractivity contribution in [3.8, 4) is 5.69 Å². The summed E-state index contributed by atoms with van der Waals surface area (Å²) < 4.78 is 1.71. The highest BCUT2D eigenvalue weighted by Gasteiger charge is 2.19. The van der Waals surface area contributed by atoms with E-state index in [2.05, 4.69) is 17.0 Å². The first-order valence-corrected chi connectivity index (χ1v) is 8.41. The maximum absolute atomic E-state index is 12.7. The molecule has 0 aliphatic rings. The summed E-state index contributed by atoms with van der Waals surface area (Å²) in [5, 5.41) is 4.12. The van der Waals surface area contributed by atoms with E-state index in [0.29, 0.717) is 5.56 Å². The normalized spacial score (nSPS) is 12.0. The summed E-state index contributed by atoms with van der Waals surface area (Å²) in [5.41, 5.74) is 3.96. The molecule has 25 heavy (non-hydrogen) atoms. The molecule has 5 heteroatoms. The molecule has 1 amide bonds. The van der Waals surface area contributed by atoms with Crippen molar-refractivity contribution < 1.29 is 4.79 Å². The van der Waals surface area contributed by atoms with Gasteiger partial charge < -0.3 is 4.90 Å². The molecule has 128 valence electrons. The second-order valence-corrected chi connectivity index (χ2v) is 6.07. The van der Waals surface area contributed by atoms with Crippen LogP contribution in [0.4, 0.5) is 0 Å². The number of aryl methyl sites for hydroxylation is 1. The highest BCUT2D eigenvalue weighted by Crippen LogP contribution is 2.22. The van der Waals surface area contributed by atoms with Crippen LogP contribution in [0.3, 0.4) is 0 Å². The van der Waals surface area contributed by atoms with Gasteiger partial charge in [-0.2, -0.15) is 5.10 Å². The Hall–Kier alpha value is -2.95. The minimum atomic E-state index is -0.0249. The number of aromatic nitrogens is 3. The van der Waals surface area contributed by atoms with Crippen LogP contribution in [0.25, 0.3) is 5.69 Å². The van der Waals surface area contributed by atoms with Gasteiger partial charge in [0, 0.05) is 12.6 Å². The van der Waals surface area contributed by atoms with E-state index in [0.717, 1.165) is 17.7 Å². The molecule has 0 saturated carbocycles. The Kier molecular flexibility index (Phi) is 4.93. The maximum atomic E-state index is 12.7. The average Bonchev–Trinajstić information content (AvgIpc) is 3.21. The Labute approximate surface area is 147 Å². The van der Waals surface area contributed by atoms with Crippen LogP contribution < -0.4 is 0 Å². The van der Waals surface area contributed by atoms with Crippen molar-refractivity contribution >= 4 is 5.91 Å². The van der Waals surface area contributed by atoms with E-state index in [4.69, 9.17) is 0 Å². The van der Waals surface area contributed by atoms with Crippen LogP contribution in [0.15, 0.2) is 61.2 Å². The molecule has 0 N–H and O–H groups in total. The predicted octanol–water partition coefficient (Wildman–Crippen LogP) is 3.66. The molecular weight excluding hydrogens is 312 g/mol. The second kappa shape index (κ2) is 7.30. The fourth-order valence-corrected chi connectivity index (χ4v) is 2.73. The zero-order valence-corrected chi connectivity index (χ0v) is 14.8. The van der Waals surface area contributed by atoms with Crippen LogP contribution in [0, 0.1) is 0 Å². The molecule has 0 fully saturated rings. The molecule has 3 rings (SSSR count). The number of hydrogen-bond acceptors (Lipinski definition) is 3. The van der Waals surface area contributed by atoms with Crippen molar-refractivity contribution in [2.24, 2.45) is 0 Å². The van der Waals surface area contributed by atoms with Gasteiger partial charge in [-0.3, -0.25) is 4.79 Å². The monoisotopic (exact) mass is 334 g/mol. The molecule has 0 spiro atoms. The van der Waals surface area contributed by atoms with Gasteiger partial charge in [0.2, 0.25) is 0 Å². The van der Waals surface area contributed by atoms with E-state index in [1.165, 1.54) is 11.9 Å². The predicted molar refractivity (Wildman–Crippen MR) is 97.7 cm³/mol. The summed E-state index contributed by atoms with van der Waals surface area (Å²) >= 11 is 0.